The third-order valence-electron chi connectivity index (χ3n) is 2.67. The summed E-state index contributed by atoms with van der Waals surface area (Å²) >= 11 is 0. The van der Waals surface area contributed by atoms with Crippen LogP contribution in [0.3, 0.4) is 0 Å². The number of methoxy groups -OCH3 is 1. The molecular weight excluding hydrogens is 230 g/mol. The van der Waals surface area contributed by atoms with Crippen molar-refractivity contribution in [2.24, 2.45) is 5.92 Å². The maximum absolute atomic E-state index is 11.5. The van der Waals surface area contributed by atoms with Crippen molar-refractivity contribution >= 4 is 11.9 Å². The minimum Gasteiger partial charge on any atom is -0.469 e. The zero-order valence-electron chi connectivity index (χ0n) is 10.8. The van der Waals surface area contributed by atoms with Crippen molar-refractivity contribution in [3.05, 3.63) is 35.9 Å². The molecule has 0 radical (unpaired) electrons. The lowest BCUT2D eigenvalue weighted by Gasteiger charge is -2.09. The molecule has 98 valence electrons. The molecule has 0 saturated heterocycles. The molecule has 0 spiro atoms. The van der Waals surface area contributed by atoms with Gasteiger partial charge in [0, 0.05) is 13.0 Å². The Hall–Kier alpha value is -1.84. The maximum Gasteiger partial charge on any atom is 0.308 e. The highest BCUT2D eigenvalue weighted by Crippen LogP contribution is 2.04. The zero-order valence-corrected chi connectivity index (χ0v) is 10.8. The molecule has 0 aliphatic rings. The third kappa shape index (κ3) is 4.99. The SMILES string of the molecule is COC(=O)[C@@H](C)CC(=O)NCCc1ccccc1. The summed E-state index contributed by atoms with van der Waals surface area (Å²) in [6.07, 6.45) is 0.959. The Morgan fingerprint density at radius 3 is 2.56 bits per heavy atom. The first-order chi connectivity index (χ1) is 8.63. The molecule has 1 aromatic carbocycles. The minimum atomic E-state index is -0.397. The van der Waals surface area contributed by atoms with Crippen molar-refractivity contribution in [3.8, 4) is 0 Å². The summed E-state index contributed by atoms with van der Waals surface area (Å²) < 4.78 is 4.57. The predicted molar refractivity (Wildman–Crippen MR) is 69.0 cm³/mol. The Morgan fingerprint density at radius 1 is 1.28 bits per heavy atom. The number of esters is 1. The van der Waals surface area contributed by atoms with Gasteiger partial charge in [0.2, 0.25) is 5.91 Å². The maximum atomic E-state index is 11.5. The van der Waals surface area contributed by atoms with Crippen LogP contribution in [0.2, 0.25) is 0 Å². The van der Waals surface area contributed by atoms with Gasteiger partial charge in [-0.05, 0) is 12.0 Å². The minimum absolute atomic E-state index is 0.121. The number of carbonyl (C=O) groups excluding carboxylic acids is 2. The quantitative estimate of drug-likeness (QED) is 0.778. The monoisotopic (exact) mass is 249 g/mol. The topological polar surface area (TPSA) is 55.4 Å². The molecule has 0 bridgehead atoms. The molecule has 4 nitrogen and oxygen atoms in total. The number of rotatable bonds is 6. The van der Waals surface area contributed by atoms with Crippen LogP contribution in [0.1, 0.15) is 18.9 Å². The van der Waals surface area contributed by atoms with Crippen LogP contribution in [0.25, 0.3) is 0 Å². The van der Waals surface area contributed by atoms with Crippen molar-refractivity contribution in [2.45, 2.75) is 19.8 Å². The highest BCUT2D eigenvalue weighted by atomic mass is 16.5. The summed E-state index contributed by atoms with van der Waals surface area (Å²) in [4.78, 5) is 22.7. The fourth-order valence-corrected chi connectivity index (χ4v) is 1.63. The van der Waals surface area contributed by atoms with Gasteiger partial charge in [0.15, 0.2) is 0 Å². The second-order valence-electron chi connectivity index (χ2n) is 4.21. The van der Waals surface area contributed by atoms with E-state index in [0.717, 1.165) is 6.42 Å². The van der Waals surface area contributed by atoms with E-state index in [-0.39, 0.29) is 18.3 Å². The van der Waals surface area contributed by atoms with Crippen molar-refractivity contribution in [1.29, 1.82) is 0 Å². The predicted octanol–water partition coefficient (Wildman–Crippen LogP) is 1.54. The van der Waals surface area contributed by atoms with Gasteiger partial charge >= 0.3 is 5.97 Å². The Kier molecular flexibility index (Phi) is 5.91. The van der Waals surface area contributed by atoms with E-state index in [4.69, 9.17) is 0 Å². The van der Waals surface area contributed by atoms with Gasteiger partial charge < -0.3 is 10.1 Å². The van der Waals surface area contributed by atoms with E-state index in [1.54, 1.807) is 6.92 Å². The van der Waals surface area contributed by atoms with E-state index in [0.29, 0.717) is 6.54 Å². The van der Waals surface area contributed by atoms with Gasteiger partial charge in [0.1, 0.15) is 0 Å². The first-order valence-electron chi connectivity index (χ1n) is 6.02. The molecule has 18 heavy (non-hydrogen) atoms. The third-order valence-corrected chi connectivity index (χ3v) is 2.67. The van der Waals surface area contributed by atoms with E-state index in [1.165, 1.54) is 12.7 Å². The fourth-order valence-electron chi connectivity index (χ4n) is 1.63. The highest BCUT2D eigenvalue weighted by Gasteiger charge is 2.16. The molecule has 1 amide bonds. The lowest BCUT2D eigenvalue weighted by molar-refractivity contribution is -0.146. The summed E-state index contributed by atoms with van der Waals surface area (Å²) in [5.74, 6) is -0.872. The molecular formula is C14H19NO3. The van der Waals surface area contributed by atoms with Crippen LogP contribution in [0.15, 0.2) is 30.3 Å². The van der Waals surface area contributed by atoms with Gasteiger partial charge in [0.05, 0.1) is 13.0 Å². The van der Waals surface area contributed by atoms with E-state index in [9.17, 15) is 9.59 Å². The average Bonchev–Trinajstić information content (AvgIpc) is 2.38. The lowest BCUT2D eigenvalue weighted by atomic mass is 10.1. The normalized spacial score (nSPS) is 11.7. The fraction of sp³-hybridized carbons (Fsp3) is 0.429. The number of ether oxygens (including phenoxy) is 1. The molecule has 0 aromatic heterocycles. The summed E-state index contributed by atoms with van der Waals surface area (Å²) in [7, 11) is 1.33. The largest absolute Gasteiger partial charge is 0.469 e. The van der Waals surface area contributed by atoms with E-state index < -0.39 is 5.92 Å². The average molecular weight is 249 g/mol. The van der Waals surface area contributed by atoms with Gasteiger partial charge in [-0.2, -0.15) is 0 Å². The first-order valence-corrected chi connectivity index (χ1v) is 6.02. The van der Waals surface area contributed by atoms with Crippen molar-refractivity contribution in [2.75, 3.05) is 13.7 Å². The Bertz CT molecular complexity index is 389. The molecule has 1 N–H and O–H groups in total. The van der Waals surface area contributed by atoms with Gasteiger partial charge in [-0.15, -0.1) is 0 Å². The Labute approximate surface area is 107 Å². The first kappa shape index (κ1) is 14.2. The Morgan fingerprint density at radius 2 is 1.94 bits per heavy atom. The molecule has 1 aromatic rings. The summed E-state index contributed by atoms with van der Waals surface area (Å²) in [5.41, 5.74) is 1.18. The number of hydrogen-bond donors (Lipinski definition) is 1. The molecule has 1 rings (SSSR count). The van der Waals surface area contributed by atoms with Crippen molar-refractivity contribution in [3.63, 3.8) is 0 Å². The number of hydrogen-bond acceptors (Lipinski definition) is 3. The van der Waals surface area contributed by atoms with Crippen LogP contribution < -0.4 is 5.32 Å². The van der Waals surface area contributed by atoms with Crippen molar-refractivity contribution < 1.29 is 14.3 Å². The number of nitrogens with one attached hydrogen (secondary N) is 1. The van der Waals surface area contributed by atoms with Crippen LogP contribution in [0.4, 0.5) is 0 Å². The van der Waals surface area contributed by atoms with Gasteiger partial charge in [-0.25, -0.2) is 0 Å². The summed E-state index contributed by atoms with van der Waals surface area (Å²) in [6.45, 7) is 2.26. The van der Waals surface area contributed by atoms with Crippen LogP contribution in [-0.4, -0.2) is 25.5 Å². The van der Waals surface area contributed by atoms with E-state index in [1.807, 2.05) is 30.3 Å². The van der Waals surface area contributed by atoms with Crippen LogP contribution in [0.5, 0.6) is 0 Å². The lowest BCUT2D eigenvalue weighted by Crippen LogP contribution is -2.29. The summed E-state index contributed by atoms with van der Waals surface area (Å²) in [6, 6.07) is 9.93. The smallest absolute Gasteiger partial charge is 0.308 e. The van der Waals surface area contributed by atoms with Crippen LogP contribution in [-0.2, 0) is 20.7 Å². The van der Waals surface area contributed by atoms with Crippen LogP contribution >= 0.6 is 0 Å². The van der Waals surface area contributed by atoms with E-state index >= 15 is 0 Å². The van der Waals surface area contributed by atoms with Gasteiger partial charge in [0.25, 0.3) is 0 Å². The number of carbonyl (C=O) groups is 2. The molecule has 4 heteroatoms. The second kappa shape index (κ2) is 7.48. The Balaban J connectivity index is 2.23. The molecule has 0 aliphatic heterocycles. The van der Waals surface area contributed by atoms with Gasteiger partial charge in [-0.1, -0.05) is 37.3 Å². The number of benzene rings is 1. The second-order valence-corrected chi connectivity index (χ2v) is 4.21. The standard InChI is InChI=1S/C14H19NO3/c1-11(14(17)18-2)10-13(16)15-9-8-12-6-4-3-5-7-12/h3-7,11H,8-10H2,1-2H3,(H,15,16)/t11-/m0/s1. The zero-order chi connectivity index (χ0) is 13.4. The van der Waals surface area contributed by atoms with Crippen LogP contribution in [0, 0.1) is 5.92 Å². The van der Waals surface area contributed by atoms with Gasteiger partial charge in [-0.3, -0.25) is 9.59 Å². The molecule has 0 heterocycles. The van der Waals surface area contributed by atoms with Crippen molar-refractivity contribution in [1.82, 2.24) is 5.32 Å². The highest BCUT2D eigenvalue weighted by molar-refractivity contribution is 5.82. The molecule has 0 fully saturated rings. The number of amides is 1. The molecule has 0 aliphatic carbocycles. The summed E-state index contributed by atoms with van der Waals surface area (Å²) in [5, 5.41) is 2.79. The van der Waals surface area contributed by atoms with E-state index in [2.05, 4.69) is 10.1 Å². The molecule has 1 atom stereocenters. The molecule has 0 saturated carbocycles. The molecule has 0 unspecified atom stereocenters.